The van der Waals surface area contributed by atoms with Crippen molar-refractivity contribution in [1.29, 1.82) is 0 Å². The Kier molecular flexibility index (Phi) is 4.94. The summed E-state index contributed by atoms with van der Waals surface area (Å²) in [6.07, 6.45) is 0. The molecule has 7 heteroatoms. The molecule has 0 aliphatic carbocycles. The van der Waals surface area contributed by atoms with Gasteiger partial charge in [0, 0.05) is 0 Å². The van der Waals surface area contributed by atoms with Crippen molar-refractivity contribution in [1.82, 2.24) is 5.06 Å². The number of amides is 2. The molecule has 2 rings (SSSR count). The molecule has 0 N–H and O–H groups in total. The predicted molar refractivity (Wildman–Crippen MR) is 91.8 cm³/mol. The monoisotopic (exact) mass is 361 g/mol. The first kappa shape index (κ1) is 19.6. The number of hydrogen-bond donors (Lipinski definition) is 0. The molecular formula is C19H23NO6. The van der Waals surface area contributed by atoms with Gasteiger partial charge in [-0.2, -0.15) is 0 Å². The Bertz CT molecular complexity index is 734. The number of nitrogens with zero attached hydrogens (tertiary/aromatic N) is 1. The zero-order valence-electron chi connectivity index (χ0n) is 15.8. The summed E-state index contributed by atoms with van der Waals surface area (Å²) in [5.74, 6) is -4.56. The third-order valence-corrected chi connectivity index (χ3v) is 3.68. The van der Waals surface area contributed by atoms with Gasteiger partial charge in [-0.25, -0.2) is 4.79 Å². The minimum atomic E-state index is -1.30. The molecular weight excluding hydrogens is 338 g/mol. The minimum absolute atomic E-state index is 0.148. The van der Waals surface area contributed by atoms with Crippen molar-refractivity contribution >= 4 is 23.8 Å². The Morgan fingerprint density at radius 3 is 1.73 bits per heavy atom. The molecule has 0 aromatic heterocycles. The van der Waals surface area contributed by atoms with Crippen LogP contribution in [0.4, 0.5) is 0 Å². The average Bonchev–Trinajstić information content (AvgIpc) is 2.69. The highest BCUT2D eigenvalue weighted by Crippen LogP contribution is 2.31. The van der Waals surface area contributed by atoms with Crippen LogP contribution < -0.4 is 0 Å². The number of rotatable bonds is 3. The number of hydroxylamine groups is 2. The summed E-state index contributed by atoms with van der Waals surface area (Å²) >= 11 is 0. The summed E-state index contributed by atoms with van der Waals surface area (Å²) in [6, 6.07) is 6.15. The van der Waals surface area contributed by atoms with Crippen LogP contribution in [0.5, 0.6) is 0 Å². The van der Waals surface area contributed by atoms with Gasteiger partial charge in [0.25, 0.3) is 11.8 Å². The number of esters is 1. The average molecular weight is 361 g/mol. The first-order valence-corrected chi connectivity index (χ1v) is 8.25. The van der Waals surface area contributed by atoms with Gasteiger partial charge < -0.3 is 9.57 Å². The van der Waals surface area contributed by atoms with Gasteiger partial charge in [0.05, 0.1) is 11.1 Å². The zero-order valence-corrected chi connectivity index (χ0v) is 15.8. The summed E-state index contributed by atoms with van der Waals surface area (Å²) in [7, 11) is 0. The van der Waals surface area contributed by atoms with Crippen LogP contribution in [0.3, 0.4) is 0 Å². The van der Waals surface area contributed by atoms with Gasteiger partial charge >= 0.3 is 11.9 Å². The minimum Gasteiger partial charge on any atom is -0.459 e. The second kappa shape index (κ2) is 6.55. The van der Waals surface area contributed by atoms with Gasteiger partial charge in [-0.1, -0.05) is 38.0 Å². The van der Waals surface area contributed by atoms with Gasteiger partial charge in [0.2, 0.25) is 0 Å². The van der Waals surface area contributed by atoms with Gasteiger partial charge in [-0.05, 0) is 38.3 Å². The number of fused-ring (bicyclic) bond motifs is 1. The van der Waals surface area contributed by atoms with E-state index in [0.717, 1.165) is 0 Å². The fraction of sp³-hybridized carbons (Fsp3) is 0.474. The zero-order chi connectivity index (χ0) is 19.9. The quantitative estimate of drug-likeness (QED) is 0.467. The lowest BCUT2D eigenvalue weighted by Gasteiger charge is -2.30. The molecule has 1 aliphatic rings. The largest absolute Gasteiger partial charge is 0.459 e. The maximum atomic E-state index is 12.6. The van der Waals surface area contributed by atoms with E-state index < -0.39 is 40.7 Å². The molecule has 140 valence electrons. The maximum Gasteiger partial charge on any atom is 0.347 e. The van der Waals surface area contributed by atoms with Crippen molar-refractivity contribution in [2.24, 2.45) is 11.3 Å². The van der Waals surface area contributed by atoms with Crippen molar-refractivity contribution < 1.29 is 28.8 Å². The molecule has 0 fully saturated rings. The summed E-state index contributed by atoms with van der Waals surface area (Å²) in [6.45, 7) is 10.1. The fourth-order valence-corrected chi connectivity index (χ4v) is 2.56. The van der Waals surface area contributed by atoms with Gasteiger partial charge in [-0.3, -0.25) is 14.4 Å². The molecule has 26 heavy (non-hydrogen) atoms. The molecule has 1 aromatic carbocycles. The maximum absolute atomic E-state index is 12.6. The number of hydrogen-bond acceptors (Lipinski definition) is 6. The number of benzene rings is 1. The van der Waals surface area contributed by atoms with Crippen LogP contribution in [0, 0.1) is 11.3 Å². The Labute approximate surface area is 152 Å². The number of carbonyl (C=O) groups excluding carboxylic acids is 4. The van der Waals surface area contributed by atoms with Gasteiger partial charge in [-0.15, -0.1) is 0 Å². The van der Waals surface area contributed by atoms with E-state index in [2.05, 4.69) is 0 Å². The highest BCUT2D eigenvalue weighted by atomic mass is 16.7. The Hall–Kier alpha value is -2.70. The van der Waals surface area contributed by atoms with E-state index in [0.29, 0.717) is 5.06 Å². The van der Waals surface area contributed by atoms with Crippen LogP contribution in [-0.4, -0.2) is 34.4 Å². The molecule has 0 saturated heterocycles. The predicted octanol–water partition coefficient (Wildman–Crippen LogP) is 2.74. The van der Waals surface area contributed by atoms with E-state index in [1.807, 2.05) is 0 Å². The lowest BCUT2D eigenvalue weighted by molar-refractivity contribution is -0.188. The summed E-state index contributed by atoms with van der Waals surface area (Å²) in [5, 5.41) is 0.399. The van der Waals surface area contributed by atoms with Crippen LogP contribution in [0.2, 0.25) is 0 Å². The molecule has 0 spiro atoms. The lowest BCUT2D eigenvalue weighted by atomic mass is 9.80. The summed E-state index contributed by atoms with van der Waals surface area (Å²) in [4.78, 5) is 54.8. The third-order valence-electron chi connectivity index (χ3n) is 3.68. The van der Waals surface area contributed by atoms with Crippen LogP contribution in [0.25, 0.3) is 0 Å². The van der Waals surface area contributed by atoms with Crippen molar-refractivity contribution in [3.63, 3.8) is 0 Å². The van der Waals surface area contributed by atoms with Crippen LogP contribution in [0.1, 0.15) is 62.3 Å². The SMILES string of the molecule is CC(C)(C)OC(=O)C(C(=O)ON1C(=O)c2ccccc2C1=O)C(C)(C)C. The van der Waals surface area contributed by atoms with Crippen molar-refractivity contribution in [3.05, 3.63) is 35.4 Å². The highest BCUT2D eigenvalue weighted by Gasteiger charge is 2.46. The first-order valence-electron chi connectivity index (χ1n) is 8.25. The molecule has 1 aliphatic heterocycles. The normalized spacial score (nSPS) is 15.5. The Morgan fingerprint density at radius 2 is 1.35 bits per heavy atom. The molecule has 1 unspecified atom stereocenters. The second-order valence-corrected chi connectivity index (χ2v) is 8.19. The standard InChI is InChI=1S/C19H23NO6/c1-18(2,3)13(16(23)25-19(4,5)6)17(24)26-20-14(21)11-9-7-8-10-12(11)15(20)22/h7-10,13H,1-6H3. The number of imide groups is 1. The first-order chi connectivity index (χ1) is 11.8. The molecule has 1 heterocycles. The molecule has 1 aromatic rings. The molecule has 1 atom stereocenters. The third kappa shape index (κ3) is 3.92. The van der Waals surface area contributed by atoms with Crippen LogP contribution >= 0.6 is 0 Å². The Balaban J connectivity index is 2.25. The smallest absolute Gasteiger partial charge is 0.347 e. The van der Waals surface area contributed by atoms with E-state index >= 15 is 0 Å². The van der Waals surface area contributed by atoms with Crippen LogP contribution in [0.15, 0.2) is 24.3 Å². The van der Waals surface area contributed by atoms with Gasteiger partial charge in [0.1, 0.15) is 5.60 Å². The fourth-order valence-electron chi connectivity index (χ4n) is 2.56. The van der Waals surface area contributed by atoms with E-state index in [1.165, 1.54) is 12.1 Å². The van der Waals surface area contributed by atoms with Gasteiger partial charge in [0.15, 0.2) is 5.92 Å². The summed E-state index contributed by atoms with van der Waals surface area (Å²) in [5.41, 5.74) is -1.33. The molecule has 0 bridgehead atoms. The summed E-state index contributed by atoms with van der Waals surface area (Å²) < 4.78 is 5.30. The molecule has 0 saturated carbocycles. The number of ether oxygens (including phenoxy) is 1. The molecule has 2 amide bonds. The number of carbonyl (C=O) groups is 4. The van der Waals surface area contributed by atoms with E-state index in [1.54, 1.807) is 53.7 Å². The van der Waals surface area contributed by atoms with Crippen molar-refractivity contribution in [2.45, 2.75) is 47.1 Å². The highest BCUT2D eigenvalue weighted by molar-refractivity contribution is 6.21. The molecule has 7 nitrogen and oxygen atoms in total. The van der Waals surface area contributed by atoms with Crippen molar-refractivity contribution in [2.75, 3.05) is 0 Å². The van der Waals surface area contributed by atoms with E-state index in [4.69, 9.17) is 9.57 Å². The van der Waals surface area contributed by atoms with Crippen molar-refractivity contribution in [3.8, 4) is 0 Å². The Morgan fingerprint density at radius 1 is 0.885 bits per heavy atom. The second-order valence-electron chi connectivity index (χ2n) is 8.19. The molecule has 0 radical (unpaired) electrons. The van der Waals surface area contributed by atoms with Crippen LogP contribution in [-0.2, 0) is 19.2 Å². The van der Waals surface area contributed by atoms with E-state index in [9.17, 15) is 19.2 Å². The lowest BCUT2D eigenvalue weighted by Crippen LogP contribution is -2.44. The van der Waals surface area contributed by atoms with E-state index in [-0.39, 0.29) is 11.1 Å². The topological polar surface area (TPSA) is 90.0 Å².